The van der Waals surface area contributed by atoms with Crippen LogP contribution in [0.5, 0.6) is 0 Å². The van der Waals surface area contributed by atoms with Crippen molar-refractivity contribution in [1.82, 2.24) is 0 Å². The van der Waals surface area contributed by atoms with Crippen LogP contribution in [0.2, 0.25) is 0 Å². The van der Waals surface area contributed by atoms with E-state index in [1.807, 2.05) is 0 Å². The van der Waals surface area contributed by atoms with Crippen LogP contribution < -0.4 is 31.1 Å². The van der Waals surface area contributed by atoms with Crippen molar-refractivity contribution in [3.8, 4) is 11.1 Å². The van der Waals surface area contributed by atoms with Gasteiger partial charge in [0.2, 0.25) is 0 Å². The fourth-order valence-electron chi connectivity index (χ4n) is 13.6. The van der Waals surface area contributed by atoms with Gasteiger partial charge in [0.15, 0.2) is 0 Å². The molecule has 0 bridgehead atoms. The number of fused-ring (bicyclic) bond motifs is 5. The third-order valence-electron chi connectivity index (χ3n) is 18.2. The van der Waals surface area contributed by atoms with Gasteiger partial charge in [0.25, 0.3) is 6.71 Å². The summed E-state index contributed by atoms with van der Waals surface area (Å²) in [7, 11) is 0. The van der Waals surface area contributed by atoms with Gasteiger partial charge in [0.05, 0.1) is 17.1 Å². The van der Waals surface area contributed by atoms with Crippen molar-refractivity contribution in [2.24, 2.45) is 0 Å². The van der Waals surface area contributed by atoms with Crippen molar-refractivity contribution in [2.75, 3.05) is 14.7 Å². The molecule has 8 aromatic carbocycles. The molecule has 0 saturated carbocycles. The van der Waals surface area contributed by atoms with Crippen LogP contribution in [0.15, 0.2) is 140 Å². The first kappa shape index (κ1) is 53.2. The van der Waals surface area contributed by atoms with Gasteiger partial charge in [-0.25, -0.2) is 0 Å². The Balaban J connectivity index is 1.26. The van der Waals surface area contributed by atoms with Gasteiger partial charge in [0, 0.05) is 34.1 Å². The minimum absolute atomic E-state index is 0.00937. The van der Waals surface area contributed by atoms with Crippen LogP contribution in [0, 0.1) is 41.5 Å². The summed E-state index contributed by atoms with van der Waals surface area (Å²) in [5, 5.41) is 0. The first-order valence-corrected chi connectivity index (χ1v) is 28.9. The van der Waals surface area contributed by atoms with Crippen LogP contribution in [0.1, 0.15) is 164 Å². The van der Waals surface area contributed by atoms with E-state index in [1.54, 1.807) is 0 Å². The predicted octanol–water partition coefficient (Wildman–Crippen LogP) is 19.0. The highest BCUT2D eigenvalue weighted by Crippen LogP contribution is 2.53. The molecule has 0 radical (unpaired) electrons. The van der Waals surface area contributed by atoms with Crippen molar-refractivity contribution >= 4 is 74.3 Å². The third-order valence-corrected chi connectivity index (χ3v) is 18.2. The molecule has 3 nitrogen and oxygen atoms in total. The average molecular weight is 1030 g/mol. The molecule has 78 heavy (non-hydrogen) atoms. The summed E-state index contributed by atoms with van der Waals surface area (Å²) >= 11 is 0. The zero-order valence-corrected chi connectivity index (χ0v) is 50.6. The second kappa shape index (κ2) is 18.4. The smallest absolute Gasteiger partial charge is 0.252 e. The lowest BCUT2D eigenvalue weighted by Crippen LogP contribution is -2.62. The fourth-order valence-corrected chi connectivity index (χ4v) is 13.6. The topological polar surface area (TPSA) is 9.72 Å². The van der Waals surface area contributed by atoms with Crippen LogP contribution in [-0.2, 0) is 27.1 Å². The Hall–Kier alpha value is -6.78. The van der Waals surface area contributed by atoms with Crippen molar-refractivity contribution in [3.63, 3.8) is 0 Å². The minimum Gasteiger partial charge on any atom is -0.311 e. The van der Waals surface area contributed by atoms with Gasteiger partial charge in [-0.15, -0.1) is 0 Å². The number of aryl methyl sites for hydroxylation is 6. The molecule has 3 aliphatic rings. The van der Waals surface area contributed by atoms with Crippen molar-refractivity contribution in [1.29, 1.82) is 0 Å². The van der Waals surface area contributed by atoms with E-state index in [4.69, 9.17) is 0 Å². The summed E-state index contributed by atoms with van der Waals surface area (Å²) in [6.07, 6.45) is 2.31. The van der Waals surface area contributed by atoms with E-state index in [0.717, 1.165) is 24.2 Å². The normalized spacial score (nSPS) is 15.4. The second-order valence-electron chi connectivity index (χ2n) is 28.2. The third kappa shape index (κ3) is 8.81. The van der Waals surface area contributed by atoms with E-state index in [2.05, 4.69) is 286 Å². The highest BCUT2D eigenvalue weighted by Gasteiger charge is 2.48. The van der Waals surface area contributed by atoms with Gasteiger partial charge in [-0.1, -0.05) is 187 Å². The van der Waals surface area contributed by atoms with E-state index < -0.39 is 0 Å². The van der Waals surface area contributed by atoms with Crippen molar-refractivity contribution < 1.29 is 0 Å². The molecule has 1 aliphatic carbocycles. The molecule has 11 rings (SSSR count). The molecule has 0 saturated heterocycles. The molecular weight excluding hydrogens is 942 g/mol. The number of hydrogen-bond acceptors (Lipinski definition) is 3. The van der Waals surface area contributed by atoms with Gasteiger partial charge in [-0.3, -0.25) is 0 Å². The molecule has 2 heterocycles. The first-order valence-electron chi connectivity index (χ1n) is 28.9. The summed E-state index contributed by atoms with van der Waals surface area (Å²) in [5.41, 5.74) is 32.2. The van der Waals surface area contributed by atoms with E-state index in [-0.39, 0.29) is 33.8 Å². The lowest BCUT2D eigenvalue weighted by molar-refractivity contribution is 0.332. The summed E-state index contributed by atoms with van der Waals surface area (Å²) in [6.45, 7) is 45.1. The van der Waals surface area contributed by atoms with Crippen LogP contribution >= 0.6 is 0 Å². The van der Waals surface area contributed by atoms with E-state index in [9.17, 15) is 0 Å². The Morgan fingerprint density at radius 2 is 0.833 bits per heavy atom. The summed E-state index contributed by atoms with van der Waals surface area (Å²) in [4.78, 5) is 7.96. The molecule has 0 amide bonds. The number of nitrogens with zero attached hydrogens (tertiary/aromatic N) is 3. The van der Waals surface area contributed by atoms with Crippen molar-refractivity contribution in [2.45, 2.75) is 171 Å². The highest BCUT2D eigenvalue weighted by atomic mass is 15.2. The fraction of sp³-hybridized carbons (Fsp3) is 0.351. The molecule has 0 N–H and O–H groups in total. The van der Waals surface area contributed by atoms with Crippen LogP contribution in [-0.4, -0.2) is 6.71 Å². The Labute approximate surface area is 469 Å². The molecular formula is C74H84BN3. The molecule has 0 aromatic heterocycles. The molecule has 2 aliphatic heterocycles. The molecule has 0 spiro atoms. The largest absolute Gasteiger partial charge is 0.311 e. The van der Waals surface area contributed by atoms with Gasteiger partial charge >= 0.3 is 0 Å². The maximum Gasteiger partial charge on any atom is 0.252 e. The molecule has 0 fully saturated rings. The standard InChI is InChI=1S/C74H84BN3/c1-45-24-23-25-46(2)67(45)77-62-42-57(76(68-47(3)36-53(37-48(68)4)70(7,8)9)56-30-28-52(29-31-56)51-26-21-20-22-27-51)32-33-60(62)75-61-43-58-59(74(18,19)35-34-73(58,16)17)44-63(61)78(65-41-55(72(13,14)15)40-64(77)66(65)75)69-49(5)38-54(39-50(69)6)71(10,11)12/h20-33,36-44H,34-35H2,1-19H3. The zero-order chi connectivity index (χ0) is 55.9. The summed E-state index contributed by atoms with van der Waals surface area (Å²) < 4.78 is 0. The molecule has 0 unspecified atom stereocenters. The van der Waals surface area contributed by atoms with Crippen LogP contribution in [0.25, 0.3) is 11.1 Å². The van der Waals surface area contributed by atoms with E-state index >= 15 is 0 Å². The lowest BCUT2D eigenvalue weighted by atomic mass is 9.33. The molecule has 398 valence electrons. The molecule has 4 heteroatoms. The maximum absolute atomic E-state index is 2.73. The number of para-hydroxylation sites is 1. The van der Waals surface area contributed by atoms with E-state index in [1.165, 1.54) is 129 Å². The van der Waals surface area contributed by atoms with Crippen molar-refractivity contribution in [3.05, 3.63) is 201 Å². The second-order valence-corrected chi connectivity index (χ2v) is 28.2. The van der Waals surface area contributed by atoms with Gasteiger partial charge in [0.1, 0.15) is 0 Å². The van der Waals surface area contributed by atoms with E-state index in [0.29, 0.717) is 0 Å². The Morgan fingerprint density at radius 1 is 0.397 bits per heavy atom. The average Bonchev–Trinajstić information content (AvgIpc) is 3.48. The minimum atomic E-state index is -0.152. The maximum atomic E-state index is 2.73. The highest BCUT2D eigenvalue weighted by molar-refractivity contribution is 7.00. The van der Waals surface area contributed by atoms with Gasteiger partial charge in [-0.2, -0.15) is 0 Å². The predicted molar refractivity (Wildman–Crippen MR) is 340 cm³/mol. The Bertz CT molecular complexity index is 3640. The quantitative estimate of drug-likeness (QED) is 0.154. The SMILES string of the molecule is Cc1cc(C(C)(C)C)cc(C)c1N(c1ccc(-c2ccccc2)cc1)c1ccc2c(c1)N(c1c(C)cccc1C)c1cc(C(C)(C)C)cc3c1B2c1cc2c(cc1N3c1c(C)cc(C(C)(C)C)cc1C)C(C)(C)CCC2(C)C. The number of benzene rings is 8. The lowest BCUT2D eigenvalue weighted by Gasteiger charge is -2.48. The van der Waals surface area contributed by atoms with Crippen LogP contribution in [0.3, 0.4) is 0 Å². The monoisotopic (exact) mass is 1030 g/mol. The summed E-state index contributed by atoms with van der Waals surface area (Å²) in [6, 6.07) is 54.7. The number of anilines is 9. The molecule has 8 aromatic rings. The summed E-state index contributed by atoms with van der Waals surface area (Å²) in [5.74, 6) is 0. The number of hydrogen-bond donors (Lipinski definition) is 0. The first-order chi connectivity index (χ1) is 36.5. The van der Waals surface area contributed by atoms with Gasteiger partial charge < -0.3 is 14.7 Å². The Morgan fingerprint density at radius 3 is 1.35 bits per heavy atom. The Kier molecular flexibility index (Phi) is 12.6. The zero-order valence-electron chi connectivity index (χ0n) is 50.6. The van der Waals surface area contributed by atoms with Crippen LogP contribution in [0.4, 0.5) is 51.2 Å². The number of rotatable bonds is 6. The molecule has 0 atom stereocenters. The van der Waals surface area contributed by atoms with Gasteiger partial charge in [-0.05, 0) is 213 Å².